The molecule has 0 aliphatic carbocycles. The summed E-state index contributed by atoms with van der Waals surface area (Å²) in [6.07, 6.45) is 1.37. The maximum Gasteiger partial charge on any atom is 0.244 e. The molecule has 0 saturated heterocycles. The number of hydrogen-bond donors (Lipinski definition) is 1. The van der Waals surface area contributed by atoms with E-state index in [-0.39, 0.29) is 24.4 Å². The minimum Gasteiger partial charge on any atom is -0.352 e. The Bertz CT molecular complexity index is 1100. The summed E-state index contributed by atoms with van der Waals surface area (Å²) in [5.41, 5.74) is 2.04. The highest BCUT2D eigenvalue weighted by Gasteiger charge is 2.32. The van der Waals surface area contributed by atoms with Crippen molar-refractivity contribution >= 4 is 27.5 Å². The molecule has 0 spiro atoms. The van der Waals surface area contributed by atoms with Crippen LogP contribution in [0.1, 0.15) is 58.1 Å². The SMILES string of the molecule is CC[C@@H](C(=O)NC(C)C)N(Cc1ccc(F)cc1)C(=O)CN(c1ccc(C(C)C)cc1)S(C)(=O)=O. The van der Waals surface area contributed by atoms with Crippen LogP contribution < -0.4 is 9.62 Å². The van der Waals surface area contributed by atoms with E-state index >= 15 is 0 Å². The highest BCUT2D eigenvalue weighted by Crippen LogP contribution is 2.23. The molecule has 2 aromatic carbocycles. The molecule has 2 aromatic rings. The highest BCUT2D eigenvalue weighted by atomic mass is 32.2. The van der Waals surface area contributed by atoms with Crippen molar-refractivity contribution in [2.75, 3.05) is 17.1 Å². The van der Waals surface area contributed by atoms with Crippen LogP contribution >= 0.6 is 0 Å². The number of rotatable bonds is 11. The molecule has 1 N–H and O–H groups in total. The predicted molar refractivity (Wildman–Crippen MR) is 137 cm³/mol. The van der Waals surface area contributed by atoms with Crippen molar-refractivity contribution in [3.8, 4) is 0 Å². The molecule has 0 saturated carbocycles. The third kappa shape index (κ3) is 8.06. The van der Waals surface area contributed by atoms with Gasteiger partial charge in [-0.3, -0.25) is 13.9 Å². The van der Waals surface area contributed by atoms with Crippen LogP contribution in [-0.2, 0) is 26.2 Å². The van der Waals surface area contributed by atoms with Crippen LogP contribution in [0.3, 0.4) is 0 Å². The van der Waals surface area contributed by atoms with E-state index in [9.17, 15) is 22.4 Å². The van der Waals surface area contributed by atoms with Crippen molar-refractivity contribution < 1.29 is 22.4 Å². The second-order valence-electron chi connectivity index (χ2n) is 9.25. The second kappa shape index (κ2) is 12.2. The number of nitrogens with one attached hydrogen (secondary N) is 1. The van der Waals surface area contributed by atoms with E-state index in [0.717, 1.165) is 16.1 Å². The van der Waals surface area contributed by atoms with E-state index in [1.54, 1.807) is 31.2 Å². The monoisotopic (exact) mass is 505 g/mol. The van der Waals surface area contributed by atoms with Crippen LogP contribution in [0, 0.1) is 5.82 Å². The van der Waals surface area contributed by atoms with E-state index in [1.165, 1.54) is 17.0 Å². The van der Waals surface area contributed by atoms with Crippen molar-refractivity contribution in [3.63, 3.8) is 0 Å². The van der Waals surface area contributed by atoms with Gasteiger partial charge in [-0.25, -0.2) is 12.8 Å². The summed E-state index contributed by atoms with van der Waals surface area (Å²) in [7, 11) is -3.79. The van der Waals surface area contributed by atoms with Crippen LogP contribution in [0.15, 0.2) is 48.5 Å². The molecule has 0 radical (unpaired) electrons. The zero-order valence-electron chi connectivity index (χ0n) is 21.3. The molecule has 2 amide bonds. The van der Waals surface area contributed by atoms with E-state index in [2.05, 4.69) is 5.32 Å². The van der Waals surface area contributed by atoms with E-state index in [4.69, 9.17) is 0 Å². The number of nitrogens with zero attached hydrogens (tertiary/aromatic N) is 2. The molecule has 1 atom stereocenters. The molecular weight excluding hydrogens is 469 g/mol. The first-order valence-corrected chi connectivity index (χ1v) is 13.6. The Kier molecular flexibility index (Phi) is 9.82. The Labute approximate surface area is 208 Å². The number of anilines is 1. The van der Waals surface area contributed by atoms with Gasteiger partial charge >= 0.3 is 0 Å². The summed E-state index contributed by atoms with van der Waals surface area (Å²) in [6.45, 7) is 9.07. The lowest BCUT2D eigenvalue weighted by Gasteiger charge is -2.33. The molecule has 35 heavy (non-hydrogen) atoms. The van der Waals surface area contributed by atoms with Gasteiger partial charge < -0.3 is 10.2 Å². The molecule has 7 nitrogen and oxygen atoms in total. The fourth-order valence-corrected chi connectivity index (χ4v) is 4.58. The highest BCUT2D eigenvalue weighted by molar-refractivity contribution is 7.92. The van der Waals surface area contributed by atoms with Gasteiger partial charge in [0.05, 0.1) is 11.9 Å². The van der Waals surface area contributed by atoms with Crippen molar-refractivity contribution in [1.82, 2.24) is 10.2 Å². The fraction of sp³-hybridized carbons (Fsp3) is 0.462. The van der Waals surface area contributed by atoms with Crippen LogP contribution in [-0.4, -0.2) is 50.0 Å². The predicted octanol–water partition coefficient (Wildman–Crippen LogP) is 4.05. The van der Waals surface area contributed by atoms with Gasteiger partial charge in [0.2, 0.25) is 21.8 Å². The standard InChI is InChI=1S/C26H36FN3O4S/c1-7-24(26(32)28-19(4)5)29(16-20-8-12-22(27)13-9-20)25(31)17-30(35(6,33)34)23-14-10-21(11-15-23)18(2)3/h8-15,18-19,24H,7,16-17H2,1-6H3,(H,28,32)/t24-/m0/s1. The normalized spacial score (nSPS) is 12.5. The van der Waals surface area contributed by atoms with Crippen LogP contribution in [0.5, 0.6) is 0 Å². The third-order valence-electron chi connectivity index (χ3n) is 5.61. The minimum atomic E-state index is -3.79. The number of halogens is 1. The van der Waals surface area contributed by atoms with Crippen LogP contribution in [0.25, 0.3) is 0 Å². The summed E-state index contributed by atoms with van der Waals surface area (Å²) >= 11 is 0. The summed E-state index contributed by atoms with van der Waals surface area (Å²) in [6, 6.07) is 11.7. The quantitative estimate of drug-likeness (QED) is 0.499. The topological polar surface area (TPSA) is 86.8 Å². The van der Waals surface area contributed by atoms with Gasteiger partial charge in [-0.2, -0.15) is 0 Å². The largest absolute Gasteiger partial charge is 0.352 e. The Morgan fingerprint density at radius 3 is 2.00 bits per heavy atom. The molecule has 0 aliphatic rings. The smallest absolute Gasteiger partial charge is 0.244 e. The summed E-state index contributed by atoms with van der Waals surface area (Å²) in [4.78, 5) is 27.9. The lowest BCUT2D eigenvalue weighted by atomic mass is 10.0. The molecule has 0 bridgehead atoms. The first kappa shape index (κ1) is 28.3. The third-order valence-corrected chi connectivity index (χ3v) is 6.75. The van der Waals surface area contributed by atoms with Crippen molar-refractivity contribution in [3.05, 3.63) is 65.5 Å². The van der Waals surface area contributed by atoms with Crippen molar-refractivity contribution in [2.24, 2.45) is 0 Å². The maximum atomic E-state index is 13.6. The summed E-state index contributed by atoms with van der Waals surface area (Å²) in [5, 5.41) is 2.83. The van der Waals surface area contributed by atoms with Crippen LogP contribution in [0.2, 0.25) is 0 Å². The number of carbonyl (C=O) groups excluding carboxylic acids is 2. The van der Waals surface area contributed by atoms with Gasteiger partial charge in [0.1, 0.15) is 18.4 Å². The van der Waals surface area contributed by atoms with Crippen molar-refractivity contribution in [2.45, 2.75) is 65.6 Å². The van der Waals surface area contributed by atoms with Gasteiger partial charge in [-0.15, -0.1) is 0 Å². The van der Waals surface area contributed by atoms with Crippen LogP contribution in [0.4, 0.5) is 10.1 Å². The number of benzene rings is 2. The number of carbonyl (C=O) groups is 2. The summed E-state index contributed by atoms with van der Waals surface area (Å²) in [5.74, 6) is -0.999. The number of amides is 2. The molecule has 192 valence electrons. The maximum absolute atomic E-state index is 13.6. The Morgan fingerprint density at radius 1 is 0.971 bits per heavy atom. The molecule has 2 rings (SSSR count). The van der Waals surface area contributed by atoms with Gasteiger partial charge in [0.25, 0.3) is 0 Å². The Hall–Kier alpha value is -2.94. The first-order valence-electron chi connectivity index (χ1n) is 11.7. The zero-order chi connectivity index (χ0) is 26.3. The average molecular weight is 506 g/mol. The van der Waals surface area contributed by atoms with Crippen molar-refractivity contribution in [1.29, 1.82) is 0 Å². The van der Waals surface area contributed by atoms with Gasteiger partial charge in [-0.05, 0) is 61.6 Å². The minimum absolute atomic E-state index is 0.0347. The first-order chi connectivity index (χ1) is 16.3. The lowest BCUT2D eigenvalue weighted by molar-refractivity contribution is -0.140. The molecule has 0 heterocycles. The molecule has 0 aliphatic heterocycles. The van der Waals surface area contributed by atoms with Gasteiger partial charge in [0.15, 0.2) is 0 Å². The lowest BCUT2D eigenvalue weighted by Crippen LogP contribution is -2.53. The molecule has 9 heteroatoms. The van der Waals surface area contributed by atoms with Gasteiger partial charge in [0, 0.05) is 12.6 Å². The average Bonchev–Trinajstić information content (AvgIpc) is 2.77. The fourth-order valence-electron chi connectivity index (χ4n) is 3.73. The molecular formula is C26H36FN3O4S. The molecule has 0 aromatic heterocycles. The summed E-state index contributed by atoms with van der Waals surface area (Å²) < 4.78 is 39.8. The second-order valence-corrected chi connectivity index (χ2v) is 11.2. The molecule has 0 unspecified atom stereocenters. The molecule has 0 fully saturated rings. The van der Waals surface area contributed by atoms with E-state index in [0.29, 0.717) is 17.7 Å². The van der Waals surface area contributed by atoms with Gasteiger partial charge in [-0.1, -0.05) is 45.0 Å². The van der Waals surface area contributed by atoms with E-state index < -0.39 is 34.3 Å². The van der Waals surface area contributed by atoms with E-state index in [1.807, 2.05) is 39.8 Å². The zero-order valence-corrected chi connectivity index (χ0v) is 22.1. The Balaban J connectivity index is 2.42. The Morgan fingerprint density at radius 2 is 1.54 bits per heavy atom. The number of sulfonamides is 1. The number of hydrogen-bond acceptors (Lipinski definition) is 4.